The number of nitrogens with one attached hydrogen (secondary N) is 2. The first-order chi connectivity index (χ1) is 6.20. The van der Waals surface area contributed by atoms with Gasteiger partial charge in [-0.3, -0.25) is 5.41 Å². The summed E-state index contributed by atoms with van der Waals surface area (Å²) in [5, 5.41) is 9.39. The Hall–Kier alpha value is -1.72. The van der Waals surface area contributed by atoms with Crippen molar-refractivity contribution >= 4 is 18.3 Å². The normalized spacial score (nSPS) is 10.3. The van der Waals surface area contributed by atoms with Crippen LogP contribution >= 0.6 is 0 Å². The van der Waals surface area contributed by atoms with Gasteiger partial charge in [-0.05, 0) is 12.8 Å². The molecule has 1 unspecified atom stereocenters. The Morgan fingerprint density at radius 2 is 2.36 bits per heavy atom. The van der Waals surface area contributed by atoms with Crippen LogP contribution in [-0.4, -0.2) is 36.4 Å². The van der Waals surface area contributed by atoms with Gasteiger partial charge in [0, 0.05) is 6.54 Å². The van der Waals surface area contributed by atoms with Crippen LogP contribution in [0.15, 0.2) is 4.99 Å². The van der Waals surface area contributed by atoms with Gasteiger partial charge < -0.3 is 21.3 Å². The minimum Gasteiger partial charge on any atom is -0.412 e. The lowest BCUT2D eigenvalue weighted by atomic mass is 10.2. The number of nitrogens with two attached hydrogens (primary N) is 1. The maximum absolute atomic E-state index is 10.3. The van der Waals surface area contributed by atoms with Gasteiger partial charge in [0.1, 0.15) is 12.3 Å². The van der Waals surface area contributed by atoms with Crippen molar-refractivity contribution in [2.75, 3.05) is 6.54 Å². The Balaban J connectivity index is 0. The van der Waals surface area contributed by atoms with Gasteiger partial charge in [-0.25, -0.2) is 4.79 Å². The number of carbonyl (C=O) groups excluding carboxylic acids is 2. The molecule has 7 nitrogen and oxygen atoms in total. The van der Waals surface area contributed by atoms with E-state index in [1.807, 2.05) is 0 Å². The minimum atomic E-state index is -0.619. The number of carbonyl (C=O) groups is 1. The molecule has 0 fully saturated rings. The number of nitrogens with zero attached hydrogens (tertiary/aromatic N) is 1. The second kappa shape index (κ2) is 9.37. The molecule has 0 saturated heterocycles. The molecule has 0 aromatic heterocycles. The van der Waals surface area contributed by atoms with Crippen molar-refractivity contribution in [3.63, 3.8) is 0 Å². The molecule has 0 saturated carbocycles. The SMILES string of the molecule is N=C(N)NCCCC(C=O)N=C=O.O. The Bertz CT molecular complexity index is 225. The van der Waals surface area contributed by atoms with Crippen LogP contribution in [0.4, 0.5) is 0 Å². The van der Waals surface area contributed by atoms with E-state index in [4.69, 9.17) is 11.1 Å². The third kappa shape index (κ3) is 8.38. The van der Waals surface area contributed by atoms with Crippen molar-refractivity contribution in [2.24, 2.45) is 10.7 Å². The molecule has 0 radical (unpaired) electrons. The molecule has 0 aromatic carbocycles. The van der Waals surface area contributed by atoms with Crippen LogP contribution < -0.4 is 11.1 Å². The summed E-state index contributed by atoms with van der Waals surface area (Å²) >= 11 is 0. The topological polar surface area (TPSA) is 140 Å². The lowest BCUT2D eigenvalue weighted by Gasteiger charge is -2.04. The molecule has 0 bridgehead atoms. The van der Waals surface area contributed by atoms with Crippen molar-refractivity contribution in [1.29, 1.82) is 5.41 Å². The summed E-state index contributed by atoms with van der Waals surface area (Å²) in [6, 6.07) is -0.619. The van der Waals surface area contributed by atoms with Crippen LogP contribution in [0.25, 0.3) is 0 Å². The molecule has 80 valence electrons. The molecule has 0 heterocycles. The van der Waals surface area contributed by atoms with E-state index in [0.717, 1.165) is 0 Å². The van der Waals surface area contributed by atoms with E-state index in [2.05, 4.69) is 10.3 Å². The number of hydrogen-bond donors (Lipinski definition) is 3. The average molecular weight is 202 g/mol. The first-order valence-electron chi connectivity index (χ1n) is 3.81. The molecule has 0 aliphatic rings. The van der Waals surface area contributed by atoms with Crippen LogP contribution in [-0.2, 0) is 9.59 Å². The molecule has 0 spiro atoms. The lowest BCUT2D eigenvalue weighted by molar-refractivity contribution is -0.108. The van der Waals surface area contributed by atoms with Gasteiger partial charge in [0.05, 0.1) is 0 Å². The van der Waals surface area contributed by atoms with E-state index in [0.29, 0.717) is 25.7 Å². The second-order valence-corrected chi connectivity index (χ2v) is 2.41. The second-order valence-electron chi connectivity index (χ2n) is 2.41. The van der Waals surface area contributed by atoms with Crippen LogP contribution in [0, 0.1) is 5.41 Å². The summed E-state index contributed by atoms with van der Waals surface area (Å²) in [4.78, 5) is 23.3. The Labute approximate surface area is 81.2 Å². The summed E-state index contributed by atoms with van der Waals surface area (Å²) < 4.78 is 0. The van der Waals surface area contributed by atoms with Gasteiger partial charge in [-0.1, -0.05) is 0 Å². The summed E-state index contributed by atoms with van der Waals surface area (Å²) in [5.41, 5.74) is 5.02. The number of aliphatic imine (C=N–C) groups is 1. The Kier molecular flexibility index (Phi) is 9.89. The maximum Gasteiger partial charge on any atom is 0.235 e. The molecule has 0 aromatic rings. The van der Waals surface area contributed by atoms with E-state index < -0.39 is 6.04 Å². The first kappa shape index (κ1) is 14.8. The van der Waals surface area contributed by atoms with E-state index in [1.54, 1.807) is 0 Å². The molecule has 0 amide bonds. The Morgan fingerprint density at radius 1 is 1.71 bits per heavy atom. The zero-order valence-electron chi connectivity index (χ0n) is 7.62. The number of rotatable bonds is 6. The Morgan fingerprint density at radius 3 is 2.79 bits per heavy atom. The first-order valence-corrected chi connectivity index (χ1v) is 3.81. The zero-order valence-corrected chi connectivity index (χ0v) is 7.62. The van der Waals surface area contributed by atoms with Gasteiger partial charge in [0.2, 0.25) is 6.08 Å². The highest BCUT2D eigenvalue weighted by atomic mass is 16.1. The number of aldehydes is 1. The highest BCUT2D eigenvalue weighted by molar-refractivity contribution is 5.74. The van der Waals surface area contributed by atoms with E-state index in [-0.39, 0.29) is 11.4 Å². The fourth-order valence-electron chi connectivity index (χ4n) is 0.765. The number of isocyanates is 1. The molecule has 0 aliphatic heterocycles. The predicted molar refractivity (Wildman–Crippen MR) is 50.7 cm³/mol. The summed E-state index contributed by atoms with van der Waals surface area (Å²) in [6.07, 6.45) is 3.00. The third-order valence-electron chi connectivity index (χ3n) is 1.37. The van der Waals surface area contributed by atoms with E-state index in [1.165, 1.54) is 6.08 Å². The van der Waals surface area contributed by atoms with Gasteiger partial charge in [0.25, 0.3) is 0 Å². The largest absolute Gasteiger partial charge is 0.412 e. The van der Waals surface area contributed by atoms with Gasteiger partial charge in [-0.15, -0.1) is 0 Å². The standard InChI is InChI=1S/C7H12N4O2.H2O/c8-7(9)10-3-1-2-6(4-12)11-5-13;/h4,6H,1-3H2,(H4,8,9,10);1H2. The molecule has 7 heteroatoms. The zero-order chi connectivity index (χ0) is 10.1. The van der Waals surface area contributed by atoms with Crippen molar-refractivity contribution in [3.8, 4) is 0 Å². The van der Waals surface area contributed by atoms with Crippen molar-refractivity contribution in [1.82, 2.24) is 5.32 Å². The highest BCUT2D eigenvalue weighted by Crippen LogP contribution is 1.96. The summed E-state index contributed by atoms with van der Waals surface area (Å²) in [5.74, 6) is -0.110. The number of guanidine groups is 1. The molecule has 1 atom stereocenters. The van der Waals surface area contributed by atoms with Gasteiger partial charge in [0.15, 0.2) is 5.96 Å². The van der Waals surface area contributed by atoms with Crippen molar-refractivity contribution < 1.29 is 15.1 Å². The average Bonchev–Trinajstić information content (AvgIpc) is 2.10. The van der Waals surface area contributed by atoms with E-state index >= 15 is 0 Å². The van der Waals surface area contributed by atoms with Crippen molar-refractivity contribution in [3.05, 3.63) is 0 Å². The fraction of sp³-hybridized carbons (Fsp3) is 0.571. The minimum absolute atomic E-state index is 0. The predicted octanol–water partition coefficient (Wildman–Crippen LogP) is -1.67. The van der Waals surface area contributed by atoms with Crippen molar-refractivity contribution in [2.45, 2.75) is 18.9 Å². The summed E-state index contributed by atoms with van der Waals surface area (Å²) in [7, 11) is 0. The number of hydrogen-bond acceptors (Lipinski definition) is 4. The molecule has 6 N–H and O–H groups in total. The third-order valence-corrected chi connectivity index (χ3v) is 1.37. The molecular formula is C7H14N4O3. The molecule has 0 rings (SSSR count). The fourth-order valence-corrected chi connectivity index (χ4v) is 0.765. The summed E-state index contributed by atoms with van der Waals surface area (Å²) in [6.45, 7) is 0.494. The lowest BCUT2D eigenvalue weighted by Crippen LogP contribution is -2.31. The van der Waals surface area contributed by atoms with Crippen LogP contribution in [0.2, 0.25) is 0 Å². The maximum atomic E-state index is 10.3. The van der Waals surface area contributed by atoms with E-state index in [9.17, 15) is 9.59 Å². The molecule has 14 heavy (non-hydrogen) atoms. The van der Waals surface area contributed by atoms with Crippen LogP contribution in [0.5, 0.6) is 0 Å². The van der Waals surface area contributed by atoms with Gasteiger partial charge >= 0.3 is 0 Å². The smallest absolute Gasteiger partial charge is 0.235 e. The highest BCUT2D eigenvalue weighted by Gasteiger charge is 2.03. The quantitative estimate of drug-likeness (QED) is 0.156. The molecular weight excluding hydrogens is 188 g/mol. The van der Waals surface area contributed by atoms with Crippen LogP contribution in [0.1, 0.15) is 12.8 Å². The van der Waals surface area contributed by atoms with Crippen LogP contribution in [0.3, 0.4) is 0 Å². The monoisotopic (exact) mass is 202 g/mol. The van der Waals surface area contributed by atoms with Gasteiger partial charge in [-0.2, -0.15) is 4.99 Å². The molecule has 0 aliphatic carbocycles.